The van der Waals surface area contributed by atoms with E-state index in [-0.39, 0.29) is 6.10 Å². The van der Waals surface area contributed by atoms with E-state index in [1.54, 1.807) is 0 Å². The summed E-state index contributed by atoms with van der Waals surface area (Å²) in [5.74, 6) is 1.09. The summed E-state index contributed by atoms with van der Waals surface area (Å²) < 4.78 is 0. The second-order valence-corrected chi connectivity index (χ2v) is 4.32. The van der Waals surface area contributed by atoms with Crippen LogP contribution in [-0.4, -0.2) is 17.0 Å². The molecule has 72 valence electrons. The Bertz CT molecular complexity index is 221. The van der Waals surface area contributed by atoms with E-state index in [0.29, 0.717) is 0 Å². The standard InChI is InChI=1S/C11H16OS/c1-10(12)6-5-9-13-11-7-3-2-4-8-11/h2-4,7-8,10,12H,5-6,9H2,1H3/t10-/m0/s1. The van der Waals surface area contributed by atoms with Gasteiger partial charge in [0.1, 0.15) is 0 Å². The first-order valence-electron chi connectivity index (χ1n) is 4.65. The maximum absolute atomic E-state index is 9.04. The van der Waals surface area contributed by atoms with E-state index in [4.69, 9.17) is 5.11 Å². The third-order valence-electron chi connectivity index (χ3n) is 1.78. The van der Waals surface area contributed by atoms with E-state index in [2.05, 4.69) is 24.3 Å². The predicted octanol–water partition coefficient (Wildman–Crippen LogP) is 2.94. The molecule has 0 saturated carbocycles. The molecule has 0 fully saturated rings. The molecule has 0 aliphatic heterocycles. The van der Waals surface area contributed by atoms with Crippen molar-refractivity contribution in [2.45, 2.75) is 30.8 Å². The lowest BCUT2D eigenvalue weighted by molar-refractivity contribution is 0.184. The minimum absolute atomic E-state index is 0.156. The first-order chi connectivity index (χ1) is 6.29. The lowest BCUT2D eigenvalue weighted by atomic mass is 10.2. The molecule has 1 atom stereocenters. The Morgan fingerprint density at radius 3 is 2.62 bits per heavy atom. The molecular weight excluding hydrogens is 180 g/mol. The fourth-order valence-corrected chi connectivity index (χ4v) is 1.98. The van der Waals surface area contributed by atoms with Gasteiger partial charge in [-0.05, 0) is 37.7 Å². The fourth-order valence-electron chi connectivity index (χ4n) is 1.09. The average Bonchev–Trinajstić information content (AvgIpc) is 2.14. The molecule has 0 aliphatic carbocycles. The number of aliphatic hydroxyl groups is 1. The van der Waals surface area contributed by atoms with Crippen molar-refractivity contribution in [3.05, 3.63) is 30.3 Å². The van der Waals surface area contributed by atoms with Gasteiger partial charge in [-0.25, -0.2) is 0 Å². The van der Waals surface area contributed by atoms with Crippen LogP contribution in [0.15, 0.2) is 35.2 Å². The Hall–Kier alpha value is -0.470. The highest BCUT2D eigenvalue weighted by molar-refractivity contribution is 7.99. The Morgan fingerprint density at radius 2 is 2.00 bits per heavy atom. The van der Waals surface area contributed by atoms with Crippen LogP contribution in [-0.2, 0) is 0 Å². The first-order valence-corrected chi connectivity index (χ1v) is 5.63. The van der Waals surface area contributed by atoms with Crippen LogP contribution in [0.4, 0.5) is 0 Å². The Labute approximate surface area is 84.2 Å². The summed E-state index contributed by atoms with van der Waals surface area (Å²) in [5, 5.41) is 9.04. The number of aliphatic hydroxyl groups excluding tert-OH is 1. The molecular formula is C11H16OS. The maximum atomic E-state index is 9.04. The topological polar surface area (TPSA) is 20.2 Å². The highest BCUT2D eigenvalue weighted by atomic mass is 32.2. The minimum Gasteiger partial charge on any atom is -0.393 e. The van der Waals surface area contributed by atoms with Crippen molar-refractivity contribution >= 4 is 11.8 Å². The Balaban J connectivity index is 2.13. The molecule has 1 aromatic rings. The van der Waals surface area contributed by atoms with Crippen LogP contribution < -0.4 is 0 Å². The van der Waals surface area contributed by atoms with Crippen molar-refractivity contribution in [2.75, 3.05) is 5.75 Å². The van der Waals surface area contributed by atoms with Crippen LogP contribution in [0.3, 0.4) is 0 Å². The van der Waals surface area contributed by atoms with Gasteiger partial charge in [-0.3, -0.25) is 0 Å². The van der Waals surface area contributed by atoms with Crippen molar-refractivity contribution < 1.29 is 5.11 Å². The third kappa shape index (κ3) is 4.96. The quantitative estimate of drug-likeness (QED) is 0.577. The summed E-state index contributed by atoms with van der Waals surface area (Å²) in [6, 6.07) is 10.4. The molecule has 0 bridgehead atoms. The van der Waals surface area contributed by atoms with Crippen LogP contribution in [0.25, 0.3) is 0 Å². The second kappa shape index (κ2) is 6.06. The van der Waals surface area contributed by atoms with Gasteiger partial charge in [-0.15, -0.1) is 11.8 Å². The molecule has 0 saturated heterocycles. The molecule has 0 unspecified atom stereocenters. The lowest BCUT2D eigenvalue weighted by Gasteiger charge is -2.03. The highest BCUT2D eigenvalue weighted by Crippen LogP contribution is 2.18. The van der Waals surface area contributed by atoms with Crippen molar-refractivity contribution in [1.82, 2.24) is 0 Å². The third-order valence-corrected chi connectivity index (χ3v) is 2.88. The van der Waals surface area contributed by atoms with E-state index >= 15 is 0 Å². The smallest absolute Gasteiger partial charge is 0.0512 e. The van der Waals surface area contributed by atoms with Gasteiger partial charge < -0.3 is 5.11 Å². The molecule has 2 heteroatoms. The molecule has 1 N–H and O–H groups in total. The van der Waals surface area contributed by atoms with Gasteiger partial charge in [-0.1, -0.05) is 18.2 Å². The van der Waals surface area contributed by atoms with E-state index in [1.165, 1.54) is 4.90 Å². The summed E-state index contributed by atoms with van der Waals surface area (Å²) >= 11 is 1.85. The van der Waals surface area contributed by atoms with E-state index < -0.39 is 0 Å². The summed E-state index contributed by atoms with van der Waals surface area (Å²) in [4.78, 5) is 1.31. The largest absolute Gasteiger partial charge is 0.393 e. The van der Waals surface area contributed by atoms with Gasteiger partial charge in [0.2, 0.25) is 0 Å². The average molecular weight is 196 g/mol. The maximum Gasteiger partial charge on any atom is 0.0512 e. The first kappa shape index (κ1) is 10.6. The van der Waals surface area contributed by atoms with Gasteiger partial charge in [0.25, 0.3) is 0 Å². The molecule has 1 rings (SSSR count). The number of benzene rings is 1. The normalized spacial score (nSPS) is 12.8. The fraction of sp³-hybridized carbons (Fsp3) is 0.455. The monoisotopic (exact) mass is 196 g/mol. The molecule has 1 aromatic carbocycles. The zero-order chi connectivity index (χ0) is 9.52. The summed E-state index contributed by atoms with van der Waals surface area (Å²) in [5.41, 5.74) is 0. The minimum atomic E-state index is -0.156. The van der Waals surface area contributed by atoms with Crippen molar-refractivity contribution in [1.29, 1.82) is 0 Å². The molecule has 0 spiro atoms. The molecule has 0 radical (unpaired) electrons. The molecule has 0 aliphatic rings. The van der Waals surface area contributed by atoms with Crippen LogP contribution in [0, 0.1) is 0 Å². The molecule has 0 aromatic heterocycles. The number of rotatable bonds is 5. The van der Waals surface area contributed by atoms with Crippen LogP contribution in [0.5, 0.6) is 0 Å². The van der Waals surface area contributed by atoms with Gasteiger partial charge in [-0.2, -0.15) is 0 Å². The highest BCUT2D eigenvalue weighted by Gasteiger charge is 1.96. The van der Waals surface area contributed by atoms with Gasteiger partial charge in [0.15, 0.2) is 0 Å². The molecule has 1 nitrogen and oxygen atoms in total. The summed E-state index contributed by atoms with van der Waals surface area (Å²) in [6.07, 6.45) is 1.83. The zero-order valence-corrected chi connectivity index (χ0v) is 8.76. The molecule has 13 heavy (non-hydrogen) atoms. The predicted molar refractivity (Wildman–Crippen MR) is 58.1 cm³/mol. The second-order valence-electron chi connectivity index (χ2n) is 3.15. The number of thioether (sulfide) groups is 1. The SMILES string of the molecule is C[C@H](O)CCCSc1ccccc1. The molecule has 0 amide bonds. The van der Waals surface area contributed by atoms with Crippen molar-refractivity contribution in [2.24, 2.45) is 0 Å². The van der Waals surface area contributed by atoms with E-state index in [9.17, 15) is 0 Å². The Morgan fingerprint density at radius 1 is 1.31 bits per heavy atom. The van der Waals surface area contributed by atoms with Crippen LogP contribution in [0.2, 0.25) is 0 Å². The van der Waals surface area contributed by atoms with Gasteiger partial charge >= 0.3 is 0 Å². The number of hydrogen-bond donors (Lipinski definition) is 1. The van der Waals surface area contributed by atoms with E-state index in [1.807, 2.05) is 24.8 Å². The van der Waals surface area contributed by atoms with E-state index in [0.717, 1.165) is 18.6 Å². The van der Waals surface area contributed by atoms with Gasteiger partial charge in [0.05, 0.1) is 6.10 Å². The van der Waals surface area contributed by atoms with Crippen molar-refractivity contribution in [3.8, 4) is 0 Å². The number of hydrogen-bond acceptors (Lipinski definition) is 2. The summed E-state index contributed by atoms with van der Waals surface area (Å²) in [6.45, 7) is 1.84. The molecule has 0 heterocycles. The Kier molecular flexibility index (Phi) is 4.94. The van der Waals surface area contributed by atoms with Gasteiger partial charge in [0, 0.05) is 4.90 Å². The van der Waals surface area contributed by atoms with Crippen LogP contribution >= 0.6 is 11.8 Å². The van der Waals surface area contributed by atoms with Crippen molar-refractivity contribution in [3.63, 3.8) is 0 Å². The zero-order valence-electron chi connectivity index (χ0n) is 7.94. The lowest BCUT2D eigenvalue weighted by Crippen LogP contribution is -1.99. The summed E-state index contributed by atoms with van der Waals surface area (Å²) in [7, 11) is 0. The van der Waals surface area contributed by atoms with Crippen LogP contribution in [0.1, 0.15) is 19.8 Å².